The molecule has 1 aliphatic rings. The number of carbonyl (C=O) groups excluding carboxylic acids is 4. The fourth-order valence-electron chi connectivity index (χ4n) is 2.32. The highest BCUT2D eigenvalue weighted by molar-refractivity contribution is 6.37. The highest BCUT2D eigenvalue weighted by Crippen LogP contribution is 2.33. The SMILES string of the molecule is CCNC(=O)CCC(NC(=O)C(CC1CC1)NC)C(=O)C(N)=O. The summed E-state index contributed by atoms with van der Waals surface area (Å²) in [4.78, 5) is 46.8. The predicted octanol–water partition coefficient (Wildman–Crippen LogP) is -1.17. The van der Waals surface area contributed by atoms with E-state index in [1.807, 2.05) is 0 Å². The Labute approximate surface area is 135 Å². The molecule has 23 heavy (non-hydrogen) atoms. The summed E-state index contributed by atoms with van der Waals surface area (Å²) < 4.78 is 0. The molecule has 0 radical (unpaired) electrons. The number of rotatable bonds is 11. The van der Waals surface area contributed by atoms with Crippen LogP contribution < -0.4 is 21.7 Å². The molecule has 8 heteroatoms. The minimum atomic E-state index is -1.12. The Kier molecular flexibility index (Phi) is 7.67. The number of primary amides is 1. The lowest BCUT2D eigenvalue weighted by molar-refractivity contribution is -0.139. The Morgan fingerprint density at radius 3 is 2.30 bits per heavy atom. The van der Waals surface area contributed by atoms with E-state index < -0.39 is 23.8 Å². The number of nitrogens with two attached hydrogens (primary N) is 1. The van der Waals surface area contributed by atoms with Crippen molar-refractivity contribution in [2.75, 3.05) is 13.6 Å². The molecule has 130 valence electrons. The quantitative estimate of drug-likeness (QED) is 0.355. The molecule has 2 unspecified atom stereocenters. The Bertz CT molecular complexity index is 462. The molecule has 5 N–H and O–H groups in total. The second kappa shape index (κ2) is 9.24. The van der Waals surface area contributed by atoms with Crippen LogP contribution in [0.5, 0.6) is 0 Å². The molecule has 1 fully saturated rings. The number of ketones is 1. The molecule has 1 rings (SSSR count). The highest BCUT2D eigenvalue weighted by Gasteiger charge is 2.31. The van der Waals surface area contributed by atoms with E-state index in [0.717, 1.165) is 12.8 Å². The second-order valence-electron chi connectivity index (χ2n) is 5.80. The summed E-state index contributed by atoms with van der Waals surface area (Å²) in [5.74, 6) is -2.07. The van der Waals surface area contributed by atoms with Gasteiger partial charge >= 0.3 is 0 Å². The van der Waals surface area contributed by atoms with E-state index in [4.69, 9.17) is 5.73 Å². The summed E-state index contributed by atoms with van der Waals surface area (Å²) in [6.07, 6.45) is 2.97. The predicted molar refractivity (Wildman–Crippen MR) is 84.2 cm³/mol. The zero-order valence-electron chi connectivity index (χ0n) is 13.7. The molecule has 0 aromatic heterocycles. The van der Waals surface area contributed by atoms with E-state index >= 15 is 0 Å². The minimum absolute atomic E-state index is 0.0324. The van der Waals surface area contributed by atoms with Crippen molar-refractivity contribution in [3.8, 4) is 0 Å². The Hall–Kier alpha value is -1.96. The first kappa shape index (κ1) is 19.1. The van der Waals surface area contributed by atoms with E-state index in [2.05, 4.69) is 16.0 Å². The van der Waals surface area contributed by atoms with Crippen molar-refractivity contribution in [2.24, 2.45) is 11.7 Å². The van der Waals surface area contributed by atoms with Crippen LogP contribution in [0.2, 0.25) is 0 Å². The Morgan fingerprint density at radius 2 is 1.83 bits per heavy atom. The topological polar surface area (TPSA) is 130 Å². The molecule has 0 bridgehead atoms. The summed E-state index contributed by atoms with van der Waals surface area (Å²) >= 11 is 0. The van der Waals surface area contributed by atoms with Crippen molar-refractivity contribution in [1.29, 1.82) is 0 Å². The monoisotopic (exact) mass is 326 g/mol. The number of amides is 3. The molecule has 0 saturated heterocycles. The number of Topliss-reactive ketones (excluding diaryl/α,β-unsaturated/α-hetero) is 1. The summed E-state index contributed by atoms with van der Waals surface area (Å²) in [6.45, 7) is 2.25. The van der Waals surface area contributed by atoms with E-state index in [1.54, 1.807) is 14.0 Å². The van der Waals surface area contributed by atoms with Crippen molar-refractivity contribution in [1.82, 2.24) is 16.0 Å². The van der Waals surface area contributed by atoms with Gasteiger partial charge in [0.15, 0.2) is 0 Å². The fourth-order valence-corrected chi connectivity index (χ4v) is 2.32. The maximum absolute atomic E-state index is 12.3. The van der Waals surface area contributed by atoms with Crippen LogP contribution in [0, 0.1) is 5.92 Å². The average Bonchev–Trinajstić information content (AvgIpc) is 3.32. The summed E-state index contributed by atoms with van der Waals surface area (Å²) in [7, 11) is 1.67. The number of likely N-dealkylation sites (N-methyl/N-ethyl adjacent to an activating group) is 1. The van der Waals surface area contributed by atoms with Crippen molar-refractivity contribution < 1.29 is 19.2 Å². The van der Waals surface area contributed by atoms with Gasteiger partial charge in [0.25, 0.3) is 5.91 Å². The van der Waals surface area contributed by atoms with Crippen LogP contribution in [-0.4, -0.2) is 49.2 Å². The van der Waals surface area contributed by atoms with Crippen molar-refractivity contribution in [3.05, 3.63) is 0 Å². The van der Waals surface area contributed by atoms with Crippen LogP contribution in [0.3, 0.4) is 0 Å². The smallest absolute Gasteiger partial charge is 0.287 e. The van der Waals surface area contributed by atoms with Gasteiger partial charge < -0.3 is 21.7 Å². The molecular weight excluding hydrogens is 300 g/mol. The van der Waals surface area contributed by atoms with E-state index in [-0.39, 0.29) is 24.7 Å². The van der Waals surface area contributed by atoms with Gasteiger partial charge in [-0.25, -0.2) is 0 Å². The van der Waals surface area contributed by atoms with Crippen LogP contribution in [0.1, 0.15) is 39.0 Å². The molecule has 3 amide bonds. The van der Waals surface area contributed by atoms with Crippen molar-refractivity contribution in [3.63, 3.8) is 0 Å². The van der Waals surface area contributed by atoms with Gasteiger partial charge in [0, 0.05) is 13.0 Å². The van der Waals surface area contributed by atoms with Crippen molar-refractivity contribution >= 4 is 23.5 Å². The zero-order valence-corrected chi connectivity index (χ0v) is 13.7. The lowest BCUT2D eigenvalue weighted by Gasteiger charge is -2.21. The van der Waals surface area contributed by atoms with Crippen LogP contribution in [0.25, 0.3) is 0 Å². The molecule has 0 aromatic rings. The number of carbonyl (C=O) groups is 4. The Morgan fingerprint density at radius 1 is 1.17 bits per heavy atom. The van der Waals surface area contributed by atoms with Gasteiger partial charge in [-0.05, 0) is 32.7 Å². The van der Waals surface area contributed by atoms with Gasteiger partial charge in [-0.2, -0.15) is 0 Å². The molecule has 0 spiro atoms. The highest BCUT2D eigenvalue weighted by atomic mass is 16.2. The van der Waals surface area contributed by atoms with Gasteiger partial charge in [-0.1, -0.05) is 12.8 Å². The summed E-state index contributed by atoms with van der Waals surface area (Å²) in [5, 5.41) is 8.06. The first-order valence-corrected chi connectivity index (χ1v) is 7.97. The van der Waals surface area contributed by atoms with E-state index in [0.29, 0.717) is 18.9 Å². The van der Waals surface area contributed by atoms with Gasteiger partial charge in [0.1, 0.15) is 0 Å². The van der Waals surface area contributed by atoms with Gasteiger partial charge in [0.2, 0.25) is 17.6 Å². The maximum atomic E-state index is 12.3. The number of hydrogen-bond donors (Lipinski definition) is 4. The lowest BCUT2D eigenvalue weighted by atomic mass is 10.0. The second-order valence-corrected chi connectivity index (χ2v) is 5.80. The largest absolute Gasteiger partial charge is 0.363 e. The summed E-state index contributed by atoms with van der Waals surface area (Å²) in [5.41, 5.74) is 5.02. The summed E-state index contributed by atoms with van der Waals surface area (Å²) in [6, 6.07) is -1.49. The van der Waals surface area contributed by atoms with E-state index in [9.17, 15) is 19.2 Å². The maximum Gasteiger partial charge on any atom is 0.287 e. The van der Waals surface area contributed by atoms with E-state index in [1.165, 1.54) is 0 Å². The first-order valence-electron chi connectivity index (χ1n) is 7.97. The van der Waals surface area contributed by atoms with Crippen LogP contribution in [-0.2, 0) is 19.2 Å². The molecule has 2 atom stereocenters. The Balaban J connectivity index is 2.62. The van der Waals surface area contributed by atoms with Gasteiger partial charge in [0.05, 0.1) is 12.1 Å². The molecule has 8 nitrogen and oxygen atoms in total. The third-order valence-corrected chi connectivity index (χ3v) is 3.84. The number of nitrogens with one attached hydrogen (secondary N) is 3. The molecule has 0 heterocycles. The van der Waals surface area contributed by atoms with Crippen LogP contribution in [0.4, 0.5) is 0 Å². The third-order valence-electron chi connectivity index (χ3n) is 3.84. The van der Waals surface area contributed by atoms with Crippen molar-refractivity contribution in [2.45, 2.75) is 51.1 Å². The molecule has 0 aromatic carbocycles. The number of hydrogen-bond acceptors (Lipinski definition) is 5. The fraction of sp³-hybridized carbons (Fsp3) is 0.733. The molecular formula is C15H26N4O4. The third kappa shape index (κ3) is 6.77. The first-order chi connectivity index (χ1) is 10.9. The lowest BCUT2D eigenvalue weighted by Crippen LogP contribution is -2.52. The van der Waals surface area contributed by atoms with Crippen LogP contribution in [0.15, 0.2) is 0 Å². The standard InChI is InChI=1S/C15H26N4O4/c1-3-18-12(20)7-6-10(13(21)14(16)22)19-15(23)11(17-2)8-9-4-5-9/h9-11,17H,3-8H2,1-2H3,(H2,16,22)(H,18,20)(H,19,23). The zero-order chi connectivity index (χ0) is 17.4. The molecule has 0 aliphatic heterocycles. The van der Waals surface area contributed by atoms with Crippen LogP contribution >= 0.6 is 0 Å². The average molecular weight is 326 g/mol. The normalized spacial score (nSPS) is 16.3. The van der Waals surface area contributed by atoms with Gasteiger partial charge in [-0.3, -0.25) is 19.2 Å². The molecule has 1 aliphatic carbocycles. The minimum Gasteiger partial charge on any atom is -0.363 e. The molecule has 1 saturated carbocycles. The van der Waals surface area contributed by atoms with Gasteiger partial charge in [-0.15, -0.1) is 0 Å².